The molecule has 0 spiro atoms. The van der Waals surface area contributed by atoms with Gasteiger partial charge in [-0.1, -0.05) is 5.92 Å². The lowest BCUT2D eigenvalue weighted by Crippen LogP contribution is -2.46. The van der Waals surface area contributed by atoms with Gasteiger partial charge in [-0.15, -0.1) is 6.42 Å². The average Bonchev–Trinajstić information content (AvgIpc) is 2.72. The zero-order chi connectivity index (χ0) is 15.8. The van der Waals surface area contributed by atoms with Crippen LogP contribution in [0.15, 0.2) is 21.9 Å². The fourth-order valence-electron chi connectivity index (χ4n) is 2.25. The molecule has 1 saturated heterocycles. The molecule has 4 atom stereocenters. The number of aromatic nitrogens is 2. The Morgan fingerprint density at radius 2 is 2.29 bits per heavy atom. The highest BCUT2D eigenvalue weighted by molar-refractivity contribution is 5.78. The number of nitrogens with zero attached hydrogens (tertiary/aromatic N) is 1. The number of ether oxygens (including phenoxy) is 1. The highest BCUT2D eigenvalue weighted by Crippen LogP contribution is 2.40. The molecule has 0 bridgehead atoms. The first-order valence-corrected chi connectivity index (χ1v) is 5.91. The van der Waals surface area contributed by atoms with E-state index in [1.54, 1.807) is 0 Å². The molecule has 0 aromatic carbocycles. The van der Waals surface area contributed by atoms with Gasteiger partial charge in [-0.25, -0.2) is 4.79 Å². The van der Waals surface area contributed by atoms with Crippen LogP contribution in [-0.4, -0.2) is 44.0 Å². The maximum absolute atomic E-state index is 11.8. The van der Waals surface area contributed by atoms with Gasteiger partial charge >= 0.3 is 5.69 Å². The van der Waals surface area contributed by atoms with E-state index >= 15 is 0 Å². The lowest BCUT2D eigenvalue weighted by atomic mass is 9.90. The van der Waals surface area contributed by atoms with Crippen LogP contribution in [0.2, 0.25) is 0 Å². The van der Waals surface area contributed by atoms with E-state index in [0.29, 0.717) is 0 Å². The van der Waals surface area contributed by atoms with Crippen molar-refractivity contribution >= 4 is 5.91 Å². The molecule has 1 fully saturated rings. The number of carbonyl (C=O) groups excluding carboxylic acids is 1. The van der Waals surface area contributed by atoms with Gasteiger partial charge in [0.05, 0.1) is 6.61 Å². The SMILES string of the molecule is C#C[C@]1(CO)O[C@@H](n2ccc(=O)[nH]c2=O)[C@@H](C(N)=O)[C@@H]1O. The normalized spacial score (nSPS) is 31.8. The Bertz CT molecular complexity index is 717. The summed E-state index contributed by atoms with van der Waals surface area (Å²) in [5.41, 5.74) is 1.84. The Balaban J connectivity index is 2.57. The molecule has 0 aliphatic carbocycles. The second kappa shape index (κ2) is 5.17. The van der Waals surface area contributed by atoms with Gasteiger partial charge in [0.15, 0.2) is 11.8 Å². The number of aliphatic hydroxyl groups excluding tert-OH is 2. The summed E-state index contributed by atoms with van der Waals surface area (Å²) in [6.07, 6.45) is 3.38. The predicted molar refractivity (Wildman–Crippen MR) is 68.8 cm³/mol. The van der Waals surface area contributed by atoms with E-state index < -0.39 is 47.6 Å². The zero-order valence-corrected chi connectivity index (χ0v) is 10.7. The first-order chi connectivity index (χ1) is 9.86. The zero-order valence-electron chi connectivity index (χ0n) is 10.7. The summed E-state index contributed by atoms with van der Waals surface area (Å²) in [5.74, 6) is -0.251. The molecule has 9 nitrogen and oxygen atoms in total. The number of terminal acetylenes is 1. The molecule has 1 aromatic rings. The number of hydrogen-bond acceptors (Lipinski definition) is 6. The first-order valence-electron chi connectivity index (χ1n) is 5.91. The molecule has 1 aliphatic heterocycles. The quantitative estimate of drug-likeness (QED) is 0.434. The van der Waals surface area contributed by atoms with Crippen molar-refractivity contribution in [2.24, 2.45) is 11.7 Å². The van der Waals surface area contributed by atoms with Gasteiger partial charge in [0, 0.05) is 12.3 Å². The summed E-state index contributed by atoms with van der Waals surface area (Å²) >= 11 is 0. The summed E-state index contributed by atoms with van der Waals surface area (Å²) in [6.45, 7) is -0.775. The van der Waals surface area contributed by atoms with Crippen molar-refractivity contribution in [2.45, 2.75) is 17.9 Å². The molecule has 0 unspecified atom stereocenters. The van der Waals surface area contributed by atoms with Crippen LogP contribution in [0.1, 0.15) is 6.23 Å². The third kappa shape index (κ3) is 2.25. The Morgan fingerprint density at radius 1 is 1.62 bits per heavy atom. The molecule has 2 rings (SSSR count). The van der Waals surface area contributed by atoms with Crippen molar-refractivity contribution in [1.29, 1.82) is 0 Å². The van der Waals surface area contributed by atoms with E-state index in [-0.39, 0.29) is 0 Å². The van der Waals surface area contributed by atoms with Gasteiger partial charge in [0.25, 0.3) is 5.56 Å². The average molecular weight is 295 g/mol. The highest BCUT2D eigenvalue weighted by Gasteiger charge is 2.56. The molecular formula is C12H13N3O6. The fourth-order valence-corrected chi connectivity index (χ4v) is 2.25. The molecule has 9 heteroatoms. The third-order valence-electron chi connectivity index (χ3n) is 3.39. The molecule has 112 valence electrons. The number of nitrogens with two attached hydrogens (primary N) is 1. The Hall–Kier alpha value is -2.41. The van der Waals surface area contributed by atoms with E-state index in [0.717, 1.165) is 16.8 Å². The van der Waals surface area contributed by atoms with Crippen molar-refractivity contribution in [3.8, 4) is 12.3 Å². The number of primary amides is 1. The standard InChI is InChI=1S/C12H13N3O6/c1-2-12(5-16)8(18)7(9(13)19)10(21-12)15-4-3-6(17)14-11(15)20/h1,3-4,7-8,10,16,18H,5H2,(H2,13,19)(H,14,17,20)/t7-,8+,10-,12-/m1/s1. The smallest absolute Gasteiger partial charge is 0.330 e. The molecule has 21 heavy (non-hydrogen) atoms. The van der Waals surface area contributed by atoms with Crippen molar-refractivity contribution in [3.05, 3.63) is 33.1 Å². The van der Waals surface area contributed by atoms with Crippen molar-refractivity contribution in [3.63, 3.8) is 0 Å². The van der Waals surface area contributed by atoms with E-state index in [4.69, 9.17) is 16.9 Å². The van der Waals surface area contributed by atoms with Crippen LogP contribution < -0.4 is 17.0 Å². The predicted octanol–water partition coefficient (Wildman–Crippen LogP) is -3.11. The number of rotatable bonds is 3. The lowest BCUT2D eigenvalue weighted by molar-refractivity contribution is -0.127. The van der Waals surface area contributed by atoms with Crippen LogP contribution in [0.3, 0.4) is 0 Å². The van der Waals surface area contributed by atoms with Crippen molar-refractivity contribution in [1.82, 2.24) is 9.55 Å². The summed E-state index contributed by atoms with van der Waals surface area (Å²) in [7, 11) is 0. The van der Waals surface area contributed by atoms with Gasteiger partial charge in [0.1, 0.15) is 12.0 Å². The lowest BCUT2D eigenvalue weighted by Gasteiger charge is -2.23. The molecule has 0 radical (unpaired) electrons. The molecule has 1 amide bonds. The number of amides is 1. The topological polar surface area (TPSA) is 148 Å². The van der Waals surface area contributed by atoms with E-state index in [1.807, 2.05) is 4.98 Å². The third-order valence-corrected chi connectivity index (χ3v) is 3.39. The summed E-state index contributed by atoms with van der Waals surface area (Å²) in [5, 5.41) is 19.5. The van der Waals surface area contributed by atoms with Crippen LogP contribution in [0.4, 0.5) is 0 Å². The Morgan fingerprint density at radius 3 is 2.76 bits per heavy atom. The number of hydrogen-bond donors (Lipinski definition) is 4. The van der Waals surface area contributed by atoms with Crippen LogP contribution in [-0.2, 0) is 9.53 Å². The maximum atomic E-state index is 11.8. The molecule has 1 aromatic heterocycles. The minimum Gasteiger partial charge on any atom is -0.392 e. The number of H-pyrrole nitrogens is 1. The van der Waals surface area contributed by atoms with Gasteiger partial charge in [-0.05, 0) is 0 Å². The second-order valence-corrected chi connectivity index (χ2v) is 4.59. The molecule has 1 aliphatic rings. The molecule has 5 N–H and O–H groups in total. The van der Waals surface area contributed by atoms with Crippen LogP contribution >= 0.6 is 0 Å². The maximum Gasteiger partial charge on any atom is 0.330 e. The monoisotopic (exact) mass is 295 g/mol. The molecule has 0 saturated carbocycles. The summed E-state index contributed by atoms with van der Waals surface area (Å²) in [6, 6.07) is 1.03. The number of aliphatic hydroxyl groups is 2. The number of nitrogens with one attached hydrogen (secondary N) is 1. The first kappa shape index (κ1) is 15.0. The largest absolute Gasteiger partial charge is 0.392 e. The van der Waals surface area contributed by atoms with E-state index in [2.05, 4.69) is 5.92 Å². The summed E-state index contributed by atoms with van der Waals surface area (Å²) in [4.78, 5) is 36.3. The minimum absolute atomic E-state index is 0.643. The summed E-state index contributed by atoms with van der Waals surface area (Å²) < 4.78 is 6.21. The van der Waals surface area contributed by atoms with E-state index in [9.17, 15) is 24.6 Å². The van der Waals surface area contributed by atoms with Gasteiger partial charge in [-0.2, -0.15) is 0 Å². The fraction of sp³-hybridized carbons (Fsp3) is 0.417. The Kier molecular flexibility index (Phi) is 3.69. The number of carbonyl (C=O) groups is 1. The van der Waals surface area contributed by atoms with Gasteiger partial charge in [0.2, 0.25) is 5.91 Å². The van der Waals surface area contributed by atoms with Crippen LogP contribution in [0, 0.1) is 18.3 Å². The second-order valence-electron chi connectivity index (χ2n) is 4.59. The molecule has 2 heterocycles. The van der Waals surface area contributed by atoms with Gasteiger partial charge in [-0.3, -0.25) is 19.1 Å². The van der Waals surface area contributed by atoms with Crippen molar-refractivity contribution in [2.75, 3.05) is 6.61 Å². The van der Waals surface area contributed by atoms with Gasteiger partial charge < -0.3 is 20.7 Å². The Labute approximate surface area is 118 Å². The minimum atomic E-state index is -1.86. The van der Waals surface area contributed by atoms with Crippen molar-refractivity contribution < 1.29 is 19.7 Å². The van der Waals surface area contributed by atoms with Crippen LogP contribution in [0.5, 0.6) is 0 Å². The molecular weight excluding hydrogens is 282 g/mol. The number of aromatic amines is 1. The highest BCUT2D eigenvalue weighted by atomic mass is 16.6. The van der Waals surface area contributed by atoms with E-state index in [1.165, 1.54) is 0 Å². The van der Waals surface area contributed by atoms with Crippen LogP contribution in [0.25, 0.3) is 0 Å².